The molecule has 116 valence electrons. The SMILES string of the molecule is CCOc1ccc(C(=O)c2c(F)c(F)c(C)c(F)c2F)cc1. The highest BCUT2D eigenvalue weighted by molar-refractivity contribution is 6.09. The molecule has 2 nitrogen and oxygen atoms in total. The first-order chi connectivity index (χ1) is 10.4. The molecule has 2 rings (SSSR count). The molecule has 0 spiro atoms. The average Bonchev–Trinajstić information content (AvgIpc) is 2.52. The molecule has 0 saturated carbocycles. The molecule has 0 aromatic heterocycles. The number of benzene rings is 2. The van der Waals surface area contributed by atoms with Gasteiger partial charge < -0.3 is 4.74 Å². The summed E-state index contributed by atoms with van der Waals surface area (Å²) in [4.78, 5) is 12.1. The predicted octanol–water partition coefficient (Wildman–Crippen LogP) is 4.18. The standard InChI is InChI=1S/C16H12F4O2/c1-3-22-10-6-4-9(5-7-10)16(21)11-14(19)12(17)8(2)13(18)15(11)20/h4-7H,3H2,1-2H3. The lowest BCUT2D eigenvalue weighted by Crippen LogP contribution is -2.13. The maximum atomic E-state index is 13.8. The van der Waals surface area contributed by atoms with Gasteiger partial charge in [0.1, 0.15) is 11.3 Å². The van der Waals surface area contributed by atoms with E-state index in [1.165, 1.54) is 24.3 Å². The molecule has 0 unspecified atom stereocenters. The van der Waals surface area contributed by atoms with Gasteiger partial charge in [0.2, 0.25) is 0 Å². The van der Waals surface area contributed by atoms with Gasteiger partial charge in [-0.15, -0.1) is 0 Å². The van der Waals surface area contributed by atoms with E-state index in [-0.39, 0.29) is 5.56 Å². The van der Waals surface area contributed by atoms with Crippen LogP contribution in [0.15, 0.2) is 24.3 Å². The summed E-state index contributed by atoms with van der Waals surface area (Å²) < 4.78 is 59.8. The summed E-state index contributed by atoms with van der Waals surface area (Å²) in [6.45, 7) is 3.06. The highest BCUT2D eigenvalue weighted by atomic mass is 19.2. The number of carbonyl (C=O) groups excluding carboxylic acids is 1. The zero-order valence-electron chi connectivity index (χ0n) is 11.8. The summed E-state index contributed by atoms with van der Waals surface area (Å²) in [6.07, 6.45) is 0. The van der Waals surface area contributed by atoms with Crippen LogP contribution in [0.4, 0.5) is 17.6 Å². The minimum atomic E-state index is -1.70. The van der Waals surface area contributed by atoms with E-state index in [2.05, 4.69) is 0 Å². The number of rotatable bonds is 4. The van der Waals surface area contributed by atoms with Crippen LogP contribution in [0.25, 0.3) is 0 Å². The Morgan fingerprint density at radius 3 is 1.91 bits per heavy atom. The fourth-order valence-electron chi connectivity index (χ4n) is 1.95. The number of hydrogen-bond acceptors (Lipinski definition) is 2. The Morgan fingerprint density at radius 2 is 1.45 bits per heavy atom. The molecule has 2 aromatic rings. The zero-order valence-corrected chi connectivity index (χ0v) is 11.8. The first-order valence-electron chi connectivity index (χ1n) is 6.48. The van der Waals surface area contributed by atoms with Crippen molar-refractivity contribution in [3.8, 4) is 5.75 Å². The van der Waals surface area contributed by atoms with Crippen molar-refractivity contribution in [3.05, 3.63) is 64.2 Å². The quantitative estimate of drug-likeness (QED) is 0.481. The van der Waals surface area contributed by atoms with Crippen LogP contribution in [0.5, 0.6) is 5.75 Å². The summed E-state index contributed by atoms with van der Waals surface area (Å²) in [6, 6.07) is 5.38. The second-order valence-corrected chi connectivity index (χ2v) is 4.54. The van der Waals surface area contributed by atoms with Gasteiger partial charge in [0, 0.05) is 11.1 Å². The van der Waals surface area contributed by atoms with E-state index in [1.54, 1.807) is 6.92 Å². The minimum Gasteiger partial charge on any atom is -0.494 e. The normalized spacial score (nSPS) is 10.6. The first-order valence-corrected chi connectivity index (χ1v) is 6.48. The molecule has 0 amide bonds. The topological polar surface area (TPSA) is 26.3 Å². The molecule has 0 atom stereocenters. The number of halogens is 4. The molecule has 0 saturated heterocycles. The molecular formula is C16H12F4O2. The molecule has 22 heavy (non-hydrogen) atoms. The van der Waals surface area contributed by atoms with E-state index >= 15 is 0 Å². The van der Waals surface area contributed by atoms with Gasteiger partial charge in [-0.25, -0.2) is 17.6 Å². The van der Waals surface area contributed by atoms with E-state index in [4.69, 9.17) is 4.74 Å². The summed E-state index contributed by atoms with van der Waals surface area (Å²) in [5.74, 6) is -7.23. The first kappa shape index (κ1) is 16.0. The van der Waals surface area contributed by atoms with Gasteiger partial charge in [-0.05, 0) is 38.1 Å². The highest BCUT2D eigenvalue weighted by Crippen LogP contribution is 2.26. The zero-order chi connectivity index (χ0) is 16.4. The van der Waals surface area contributed by atoms with Crippen LogP contribution in [0.2, 0.25) is 0 Å². The molecule has 0 N–H and O–H groups in total. The fraction of sp³-hybridized carbons (Fsp3) is 0.188. The number of hydrogen-bond donors (Lipinski definition) is 0. The smallest absolute Gasteiger partial charge is 0.199 e. The van der Waals surface area contributed by atoms with Crippen molar-refractivity contribution in [1.82, 2.24) is 0 Å². The van der Waals surface area contributed by atoms with Crippen molar-refractivity contribution >= 4 is 5.78 Å². The fourth-order valence-corrected chi connectivity index (χ4v) is 1.95. The van der Waals surface area contributed by atoms with Gasteiger partial charge in [0.05, 0.1) is 6.61 Å². The van der Waals surface area contributed by atoms with E-state index in [0.717, 1.165) is 6.92 Å². The number of ether oxygens (including phenoxy) is 1. The van der Waals surface area contributed by atoms with Gasteiger partial charge in [0.15, 0.2) is 29.1 Å². The summed E-state index contributed by atoms with van der Waals surface area (Å²) in [5, 5.41) is 0. The lowest BCUT2D eigenvalue weighted by atomic mass is 10.00. The molecule has 0 fully saturated rings. The average molecular weight is 312 g/mol. The van der Waals surface area contributed by atoms with Gasteiger partial charge in [-0.3, -0.25) is 4.79 Å². The molecule has 0 radical (unpaired) electrons. The Balaban J connectivity index is 2.50. The van der Waals surface area contributed by atoms with Crippen molar-refractivity contribution in [2.45, 2.75) is 13.8 Å². The van der Waals surface area contributed by atoms with Crippen molar-refractivity contribution in [2.75, 3.05) is 6.61 Å². The number of carbonyl (C=O) groups is 1. The van der Waals surface area contributed by atoms with Crippen LogP contribution in [-0.4, -0.2) is 12.4 Å². The summed E-state index contributed by atoms with van der Waals surface area (Å²) in [5.41, 5.74) is -2.16. The van der Waals surface area contributed by atoms with E-state index in [9.17, 15) is 22.4 Å². The van der Waals surface area contributed by atoms with Crippen molar-refractivity contribution in [3.63, 3.8) is 0 Å². The third-order valence-corrected chi connectivity index (χ3v) is 3.14. The molecule has 0 bridgehead atoms. The van der Waals surface area contributed by atoms with Gasteiger partial charge in [-0.1, -0.05) is 0 Å². The van der Waals surface area contributed by atoms with Gasteiger partial charge in [-0.2, -0.15) is 0 Å². The maximum absolute atomic E-state index is 13.8. The highest BCUT2D eigenvalue weighted by Gasteiger charge is 2.28. The van der Waals surface area contributed by atoms with E-state index < -0.39 is 40.2 Å². The second-order valence-electron chi connectivity index (χ2n) is 4.54. The number of ketones is 1. The van der Waals surface area contributed by atoms with Crippen molar-refractivity contribution < 1.29 is 27.1 Å². The molecule has 0 aliphatic rings. The van der Waals surface area contributed by atoms with Gasteiger partial charge in [0.25, 0.3) is 0 Å². The van der Waals surface area contributed by atoms with Crippen LogP contribution in [0.1, 0.15) is 28.4 Å². The molecule has 6 heteroatoms. The Hall–Kier alpha value is -2.37. The molecular weight excluding hydrogens is 300 g/mol. The maximum Gasteiger partial charge on any atom is 0.199 e. The lowest BCUT2D eigenvalue weighted by molar-refractivity contribution is 0.102. The lowest BCUT2D eigenvalue weighted by Gasteiger charge is -2.09. The van der Waals surface area contributed by atoms with Crippen LogP contribution < -0.4 is 4.74 Å². The van der Waals surface area contributed by atoms with E-state index in [1.807, 2.05) is 0 Å². The monoisotopic (exact) mass is 312 g/mol. The van der Waals surface area contributed by atoms with Crippen molar-refractivity contribution in [2.24, 2.45) is 0 Å². The van der Waals surface area contributed by atoms with Crippen LogP contribution in [0, 0.1) is 30.2 Å². The third-order valence-electron chi connectivity index (χ3n) is 3.14. The van der Waals surface area contributed by atoms with Crippen LogP contribution in [-0.2, 0) is 0 Å². The second kappa shape index (κ2) is 6.17. The largest absolute Gasteiger partial charge is 0.494 e. The Kier molecular flexibility index (Phi) is 4.49. The Morgan fingerprint density at radius 1 is 0.955 bits per heavy atom. The van der Waals surface area contributed by atoms with Crippen LogP contribution in [0.3, 0.4) is 0 Å². The Labute approximate surface area is 124 Å². The van der Waals surface area contributed by atoms with Crippen LogP contribution >= 0.6 is 0 Å². The Bertz CT molecular complexity index is 695. The third kappa shape index (κ3) is 2.68. The summed E-state index contributed by atoms with van der Waals surface area (Å²) >= 11 is 0. The molecule has 2 aromatic carbocycles. The molecule has 0 aliphatic heterocycles. The minimum absolute atomic E-state index is 0.107. The van der Waals surface area contributed by atoms with Crippen molar-refractivity contribution in [1.29, 1.82) is 0 Å². The predicted molar refractivity (Wildman–Crippen MR) is 72.1 cm³/mol. The van der Waals surface area contributed by atoms with Gasteiger partial charge >= 0.3 is 0 Å². The molecule has 0 aliphatic carbocycles. The van der Waals surface area contributed by atoms with E-state index in [0.29, 0.717) is 12.4 Å². The summed E-state index contributed by atoms with van der Waals surface area (Å²) in [7, 11) is 0. The molecule has 0 heterocycles.